The van der Waals surface area contributed by atoms with Gasteiger partial charge in [-0.2, -0.15) is 5.10 Å². The Morgan fingerprint density at radius 3 is 2.68 bits per heavy atom. The molecule has 28 heavy (non-hydrogen) atoms. The summed E-state index contributed by atoms with van der Waals surface area (Å²) in [4.78, 5) is 12.7. The smallest absolute Gasteiger partial charge is 0.154 e. The Hall–Kier alpha value is -2.49. The Kier molecular flexibility index (Phi) is 5.05. The SMILES string of the molecule is CN(C)c1cc(NC2CCN(c3cc4c(nn3)CCS(=O)(=O)C4)CC2)ncn1. The molecule has 2 aliphatic rings. The number of sulfone groups is 1. The van der Waals surface area contributed by atoms with Crippen LogP contribution in [0.25, 0.3) is 0 Å². The van der Waals surface area contributed by atoms with Crippen LogP contribution >= 0.6 is 0 Å². The van der Waals surface area contributed by atoms with E-state index >= 15 is 0 Å². The van der Waals surface area contributed by atoms with E-state index in [1.807, 2.05) is 31.1 Å². The van der Waals surface area contributed by atoms with Crippen LogP contribution in [-0.2, 0) is 22.0 Å². The topological polar surface area (TPSA) is 104 Å². The summed E-state index contributed by atoms with van der Waals surface area (Å²) >= 11 is 0. The molecule has 150 valence electrons. The predicted molar refractivity (Wildman–Crippen MR) is 108 cm³/mol. The second kappa shape index (κ2) is 7.50. The van der Waals surface area contributed by atoms with Gasteiger partial charge >= 0.3 is 0 Å². The van der Waals surface area contributed by atoms with Crippen molar-refractivity contribution in [2.45, 2.75) is 31.1 Å². The normalized spacial score (nSPS) is 19.1. The summed E-state index contributed by atoms with van der Waals surface area (Å²) in [5.41, 5.74) is 1.62. The van der Waals surface area contributed by atoms with Crippen molar-refractivity contribution in [3.05, 3.63) is 29.7 Å². The lowest BCUT2D eigenvalue weighted by atomic mass is 10.0. The fraction of sp³-hybridized carbons (Fsp3) is 0.556. The first-order valence-electron chi connectivity index (χ1n) is 9.46. The number of aromatic nitrogens is 4. The fourth-order valence-electron chi connectivity index (χ4n) is 3.63. The van der Waals surface area contributed by atoms with E-state index in [-0.39, 0.29) is 11.5 Å². The van der Waals surface area contributed by atoms with E-state index in [1.54, 1.807) is 6.33 Å². The summed E-state index contributed by atoms with van der Waals surface area (Å²) in [5.74, 6) is 2.71. The summed E-state index contributed by atoms with van der Waals surface area (Å²) < 4.78 is 23.8. The minimum absolute atomic E-state index is 0.0742. The number of fused-ring (bicyclic) bond motifs is 1. The van der Waals surface area contributed by atoms with Crippen LogP contribution in [0.1, 0.15) is 24.1 Å². The number of aryl methyl sites for hydroxylation is 1. The minimum Gasteiger partial charge on any atom is -0.367 e. The van der Waals surface area contributed by atoms with Gasteiger partial charge in [0.05, 0.1) is 17.2 Å². The summed E-state index contributed by atoms with van der Waals surface area (Å²) in [5, 5.41) is 12.1. The monoisotopic (exact) mass is 403 g/mol. The van der Waals surface area contributed by atoms with Crippen molar-refractivity contribution < 1.29 is 8.42 Å². The molecule has 2 aromatic heterocycles. The number of hydrogen-bond acceptors (Lipinski definition) is 9. The number of rotatable bonds is 4. The highest BCUT2D eigenvalue weighted by molar-refractivity contribution is 7.90. The van der Waals surface area contributed by atoms with Gasteiger partial charge in [0.15, 0.2) is 15.7 Å². The molecule has 4 heterocycles. The van der Waals surface area contributed by atoms with E-state index in [9.17, 15) is 8.42 Å². The summed E-state index contributed by atoms with van der Waals surface area (Å²) in [6, 6.07) is 4.18. The standard InChI is InChI=1S/C18H25N7O2S/c1-24(2)17-10-16(19-12-20-17)21-14-3-6-25(7-4-14)18-9-13-11-28(26,27)8-5-15(13)22-23-18/h9-10,12,14H,3-8,11H2,1-2H3,(H,19,20,21). The second-order valence-corrected chi connectivity index (χ2v) is 9.76. The molecule has 2 aromatic rings. The first kappa shape index (κ1) is 18.9. The average molecular weight is 404 g/mol. The number of anilines is 3. The highest BCUT2D eigenvalue weighted by Crippen LogP contribution is 2.25. The van der Waals surface area contributed by atoms with Gasteiger partial charge in [0, 0.05) is 45.7 Å². The molecule has 1 N–H and O–H groups in total. The predicted octanol–water partition coefficient (Wildman–Crippen LogP) is 0.884. The number of nitrogens with one attached hydrogen (secondary N) is 1. The summed E-state index contributed by atoms with van der Waals surface area (Å²) in [6.45, 7) is 1.67. The number of piperidine rings is 1. The van der Waals surface area contributed by atoms with Crippen LogP contribution in [0, 0.1) is 0 Å². The lowest BCUT2D eigenvalue weighted by Crippen LogP contribution is -2.40. The largest absolute Gasteiger partial charge is 0.367 e. The third kappa shape index (κ3) is 4.16. The maximum absolute atomic E-state index is 11.9. The molecule has 1 saturated heterocycles. The van der Waals surface area contributed by atoms with Crippen molar-refractivity contribution >= 4 is 27.3 Å². The Morgan fingerprint density at radius 2 is 1.93 bits per heavy atom. The molecule has 0 unspecified atom stereocenters. The molecular formula is C18H25N7O2S. The zero-order valence-electron chi connectivity index (χ0n) is 16.2. The van der Waals surface area contributed by atoms with Crippen LogP contribution in [0.15, 0.2) is 18.5 Å². The second-order valence-electron chi connectivity index (χ2n) is 7.58. The van der Waals surface area contributed by atoms with Crippen molar-refractivity contribution in [1.29, 1.82) is 0 Å². The molecule has 0 spiro atoms. The number of nitrogens with zero attached hydrogens (tertiary/aromatic N) is 6. The van der Waals surface area contributed by atoms with Crippen LogP contribution < -0.4 is 15.1 Å². The molecular weight excluding hydrogens is 378 g/mol. The molecule has 2 aliphatic heterocycles. The van der Waals surface area contributed by atoms with Crippen LogP contribution in [0.5, 0.6) is 0 Å². The van der Waals surface area contributed by atoms with Crippen LogP contribution in [-0.4, -0.2) is 67.6 Å². The number of hydrogen-bond donors (Lipinski definition) is 1. The van der Waals surface area contributed by atoms with E-state index in [2.05, 4.69) is 30.4 Å². The molecule has 0 aliphatic carbocycles. The molecule has 0 saturated carbocycles. The molecule has 10 heteroatoms. The lowest BCUT2D eigenvalue weighted by Gasteiger charge is -2.33. The van der Waals surface area contributed by atoms with Gasteiger partial charge in [-0.3, -0.25) is 0 Å². The molecule has 0 radical (unpaired) electrons. The third-order valence-corrected chi connectivity index (χ3v) is 6.83. The van der Waals surface area contributed by atoms with Crippen LogP contribution in [0.4, 0.5) is 17.5 Å². The minimum atomic E-state index is -3.01. The molecule has 0 aromatic carbocycles. The maximum atomic E-state index is 11.9. The van der Waals surface area contributed by atoms with Crippen LogP contribution in [0.3, 0.4) is 0 Å². The van der Waals surface area contributed by atoms with Gasteiger partial charge in [0.2, 0.25) is 0 Å². The summed E-state index contributed by atoms with van der Waals surface area (Å²) in [7, 11) is 0.899. The van der Waals surface area contributed by atoms with Gasteiger partial charge in [-0.15, -0.1) is 5.10 Å². The lowest BCUT2D eigenvalue weighted by molar-refractivity contribution is 0.520. The van der Waals surface area contributed by atoms with Crippen molar-refractivity contribution in [1.82, 2.24) is 20.2 Å². The Bertz CT molecular complexity index is 956. The van der Waals surface area contributed by atoms with Crippen molar-refractivity contribution in [2.75, 3.05) is 48.1 Å². The van der Waals surface area contributed by atoms with Crippen molar-refractivity contribution in [3.8, 4) is 0 Å². The molecule has 0 amide bonds. The van der Waals surface area contributed by atoms with Gasteiger partial charge in [-0.05, 0) is 24.5 Å². The quantitative estimate of drug-likeness (QED) is 0.796. The third-order valence-electron chi connectivity index (χ3n) is 5.25. The Labute approximate surface area is 165 Å². The van der Waals surface area contributed by atoms with Crippen molar-refractivity contribution in [3.63, 3.8) is 0 Å². The molecule has 4 rings (SSSR count). The van der Waals surface area contributed by atoms with E-state index in [0.29, 0.717) is 12.5 Å². The van der Waals surface area contributed by atoms with Gasteiger partial charge in [0.1, 0.15) is 18.0 Å². The zero-order chi connectivity index (χ0) is 19.7. The molecule has 0 atom stereocenters. The van der Waals surface area contributed by atoms with E-state index < -0.39 is 9.84 Å². The van der Waals surface area contributed by atoms with Gasteiger partial charge in [-0.1, -0.05) is 0 Å². The fourth-order valence-corrected chi connectivity index (χ4v) is 5.00. The zero-order valence-corrected chi connectivity index (χ0v) is 17.0. The summed E-state index contributed by atoms with van der Waals surface area (Å²) in [6.07, 6.45) is 3.92. The van der Waals surface area contributed by atoms with Gasteiger partial charge in [-0.25, -0.2) is 18.4 Å². The Morgan fingerprint density at radius 1 is 1.14 bits per heavy atom. The first-order valence-corrected chi connectivity index (χ1v) is 11.3. The highest BCUT2D eigenvalue weighted by Gasteiger charge is 2.26. The van der Waals surface area contributed by atoms with E-state index in [1.165, 1.54) is 0 Å². The average Bonchev–Trinajstić information content (AvgIpc) is 2.67. The van der Waals surface area contributed by atoms with Gasteiger partial charge < -0.3 is 15.1 Å². The van der Waals surface area contributed by atoms with E-state index in [4.69, 9.17) is 0 Å². The molecule has 1 fully saturated rings. The molecule has 0 bridgehead atoms. The molecule has 9 nitrogen and oxygen atoms in total. The first-order chi connectivity index (χ1) is 13.4. The van der Waals surface area contributed by atoms with Crippen molar-refractivity contribution in [2.24, 2.45) is 0 Å². The Balaban J connectivity index is 1.39. The highest BCUT2D eigenvalue weighted by atomic mass is 32.2. The van der Waals surface area contributed by atoms with Crippen LogP contribution in [0.2, 0.25) is 0 Å². The van der Waals surface area contributed by atoms with Gasteiger partial charge in [0.25, 0.3) is 0 Å². The maximum Gasteiger partial charge on any atom is 0.154 e. The van der Waals surface area contributed by atoms with E-state index in [0.717, 1.165) is 54.6 Å².